The van der Waals surface area contributed by atoms with Crippen molar-refractivity contribution in [3.8, 4) is 0 Å². The maximum Gasteiger partial charge on any atom is 0.0966 e. The van der Waals surface area contributed by atoms with Gasteiger partial charge in [-0.1, -0.05) is 13.8 Å². The van der Waals surface area contributed by atoms with Gasteiger partial charge >= 0.3 is 0 Å². The molecule has 82 valence electrons. The third kappa shape index (κ3) is 3.66. The second kappa shape index (κ2) is 6.02. The van der Waals surface area contributed by atoms with Crippen LogP contribution in [0.1, 0.15) is 33.1 Å². The van der Waals surface area contributed by atoms with E-state index >= 15 is 0 Å². The lowest BCUT2D eigenvalue weighted by Gasteiger charge is -2.25. The minimum Gasteiger partial charge on any atom is -0.383 e. The highest BCUT2D eigenvalue weighted by Crippen LogP contribution is 2.08. The van der Waals surface area contributed by atoms with Gasteiger partial charge in [0.25, 0.3) is 0 Å². The lowest BCUT2D eigenvalue weighted by Crippen LogP contribution is -2.42. The van der Waals surface area contributed by atoms with Gasteiger partial charge in [-0.05, 0) is 18.8 Å². The van der Waals surface area contributed by atoms with Gasteiger partial charge < -0.3 is 10.1 Å². The normalized spacial score (nSPS) is 19.3. The fraction of sp³-hybridized carbons (Fsp3) is 0.909. The molecule has 3 heteroatoms. The molecule has 0 aliphatic carbocycles. The van der Waals surface area contributed by atoms with Crippen LogP contribution in [0.25, 0.3) is 0 Å². The van der Waals surface area contributed by atoms with Gasteiger partial charge in [-0.3, -0.25) is 4.99 Å². The molecule has 0 radical (unpaired) electrons. The Kier molecular flexibility index (Phi) is 4.94. The molecule has 1 N–H and O–H groups in total. The lowest BCUT2D eigenvalue weighted by atomic mass is 10.0. The third-order valence-electron chi connectivity index (χ3n) is 2.63. The van der Waals surface area contributed by atoms with Gasteiger partial charge in [-0.25, -0.2) is 0 Å². The van der Waals surface area contributed by atoms with E-state index in [-0.39, 0.29) is 0 Å². The first-order valence-electron chi connectivity index (χ1n) is 5.53. The summed E-state index contributed by atoms with van der Waals surface area (Å²) >= 11 is 0. The summed E-state index contributed by atoms with van der Waals surface area (Å²) in [5, 5.41) is 3.48. The molecular formula is C11H22N2O. The van der Waals surface area contributed by atoms with Gasteiger partial charge in [0.05, 0.1) is 18.5 Å². The zero-order valence-electron chi connectivity index (χ0n) is 9.55. The zero-order chi connectivity index (χ0) is 10.4. The summed E-state index contributed by atoms with van der Waals surface area (Å²) in [4.78, 5) is 4.48. The number of ether oxygens (including phenoxy) is 1. The van der Waals surface area contributed by atoms with Crippen molar-refractivity contribution >= 4 is 5.84 Å². The predicted octanol–water partition coefficient (Wildman–Crippen LogP) is 1.83. The van der Waals surface area contributed by atoms with E-state index in [9.17, 15) is 0 Å². The summed E-state index contributed by atoms with van der Waals surface area (Å²) < 4.78 is 5.19. The Morgan fingerprint density at radius 3 is 2.71 bits per heavy atom. The van der Waals surface area contributed by atoms with E-state index in [1.807, 2.05) is 0 Å². The number of aliphatic imine (C=N–C) groups is 1. The van der Waals surface area contributed by atoms with Crippen molar-refractivity contribution in [3.05, 3.63) is 0 Å². The number of amidine groups is 1. The molecule has 1 unspecified atom stereocenters. The molecule has 1 atom stereocenters. The average Bonchev–Trinajstić information content (AvgIpc) is 2.18. The van der Waals surface area contributed by atoms with Gasteiger partial charge in [0.15, 0.2) is 0 Å². The Morgan fingerprint density at radius 1 is 1.43 bits per heavy atom. The summed E-state index contributed by atoms with van der Waals surface area (Å²) in [6, 6.07) is 0.400. The number of hydrogen-bond donors (Lipinski definition) is 1. The van der Waals surface area contributed by atoms with Crippen LogP contribution in [0.15, 0.2) is 4.99 Å². The Bertz CT molecular complexity index is 190. The standard InChI is InChI=1S/C11H22N2O/c1-9(2)10(8-14-3)13-11-6-4-5-7-12-11/h9-10H,4-8H2,1-3H3,(H,12,13). The number of nitrogens with zero attached hydrogens (tertiary/aromatic N) is 1. The van der Waals surface area contributed by atoms with Crippen molar-refractivity contribution in [1.29, 1.82) is 0 Å². The fourth-order valence-electron chi connectivity index (χ4n) is 1.61. The summed E-state index contributed by atoms with van der Waals surface area (Å²) in [6.07, 6.45) is 3.61. The van der Waals surface area contributed by atoms with E-state index < -0.39 is 0 Å². The monoisotopic (exact) mass is 198 g/mol. The topological polar surface area (TPSA) is 33.6 Å². The molecule has 0 spiro atoms. The smallest absolute Gasteiger partial charge is 0.0966 e. The summed E-state index contributed by atoms with van der Waals surface area (Å²) in [6.45, 7) is 6.16. The molecule has 0 amide bonds. The Hall–Kier alpha value is -0.570. The van der Waals surface area contributed by atoms with Crippen LogP contribution in [0.3, 0.4) is 0 Å². The fourth-order valence-corrected chi connectivity index (χ4v) is 1.61. The average molecular weight is 198 g/mol. The summed E-state index contributed by atoms with van der Waals surface area (Å²) in [5.41, 5.74) is 0. The molecule has 0 bridgehead atoms. The molecule has 14 heavy (non-hydrogen) atoms. The molecule has 0 saturated heterocycles. The Balaban J connectivity index is 2.41. The minimum absolute atomic E-state index is 0.400. The van der Waals surface area contributed by atoms with Crippen molar-refractivity contribution in [3.63, 3.8) is 0 Å². The van der Waals surface area contributed by atoms with Crippen LogP contribution in [0.5, 0.6) is 0 Å². The maximum absolute atomic E-state index is 5.19. The highest BCUT2D eigenvalue weighted by Gasteiger charge is 2.15. The number of rotatable bonds is 4. The third-order valence-corrected chi connectivity index (χ3v) is 2.63. The van der Waals surface area contributed by atoms with Crippen molar-refractivity contribution in [2.24, 2.45) is 10.9 Å². The van der Waals surface area contributed by atoms with Crippen molar-refractivity contribution in [2.45, 2.75) is 39.2 Å². The van der Waals surface area contributed by atoms with Gasteiger partial charge in [0.1, 0.15) is 0 Å². The van der Waals surface area contributed by atoms with Crippen molar-refractivity contribution in [1.82, 2.24) is 5.32 Å². The highest BCUT2D eigenvalue weighted by atomic mass is 16.5. The second-order valence-electron chi connectivity index (χ2n) is 4.24. The molecular weight excluding hydrogens is 176 g/mol. The zero-order valence-corrected chi connectivity index (χ0v) is 9.55. The molecule has 1 heterocycles. The van der Waals surface area contributed by atoms with Crippen molar-refractivity contribution < 1.29 is 4.74 Å². The molecule has 3 nitrogen and oxygen atoms in total. The lowest BCUT2D eigenvalue weighted by molar-refractivity contribution is 0.156. The first kappa shape index (κ1) is 11.5. The van der Waals surface area contributed by atoms with Crippen LogP contribution in [0.2, 0.25) is 0 Å². The van der Waals surface area contributed by atoms with Crippen LogP contribution >= 0.6 is 0 Å². The van der Waals surface area contributed by atoms with Gasteiger partial charge in [0.2, 0.25) is 0 Å². The molecule has 0 aromatic carbocycles. The van der Waals surface area contributed by atoms with Gasteiger partial charge in [-0.15, -0.1) is 0 Å². The van der Waals surface area contributed by atoms with Crippen LogP contribution in [0.4, 0.5) is 0 Å². The van der Waals surface area contributed by atoms with E-state index in [1.165, 1.54) is 18.7 Å². The molecule has 0 aromatic heterocycles. The maximum atomic E-state index is 5.19. The molecule has 0 fully saturated rings. The SMILES string of the molecule is COCC(NC1=NCCCC1)C(C)C. The van der Waals surface area contributed by atoms with E-state index in [4.69, 9.17) is 4.74 Å². The predicted molar refractivity (Wildman–Crippen MR) is 59.8 cm³/mol. The van der Waals surface area contributed by atoms with Crippen LogP contribution < -0.4 is 5.32 Å². The molecule has 0 saturated carbocycles. The Labute approximate surface area is 86.9 Å². The molecule has 0 aromatic rings. The first-order chi connectivity index (χ1) is 6.74. The van der Waals surface area contributed by atoms with Crippen molar-refractivity contribution in [2.75, 3.05) is 20.3 Å². The van der Waals surface area contributed by atoms with Crippen LogP contribution in [-0.2, 0) is 4.74 Å². The van der Waals surface area contributed by atoms with E-state index in [0.29, 0.717) is 12.0 Å². The van der Waals surface area contributed by atoms with Crippen LogP contribution in [-0.4, -0.2) is 32.1 Å². The number of nitrogens with one attached hydrogen (secondary N) is 1. The van der Waals surface area contributed by atoms with E-state index in [1.54, 1.807) is 7.11 Å². The van der Waals surface area contributed by atoms with Crippen LogP contribution in [0, 0.1) is 5.92 Å². The quantitative estimate of drug-likeness (QED) is 0.747. The molecule has 1 rings (SSSR count). The minimum atomic E-state index is 0.400. The molecule has 1 aliphatic rings. The van der Waals surface area contributed by atoms with E-state index in [2.05, 4.69) is 24.2 Å². The summed E-state index contributed by atoms with van der Waals surface area (Å²) in [7, 11) is 1.75. The Morgan fingerprint density at radius 2 is 2.21 bits per heavy atom. The van der Waals surface area contributed by atoms with Gasteiger partial charge in [-0.2, -0.15) is 0 Å². The number of methoxy groups -OCH3 is 1. The first-order valence-corrected chi connectivity index (χ1v) is 5.53. The highest BCUT2D eigenvalue weighted by molar-refractivity contribution is 5.82. The summed E-state index contributed by atoms with van der Waals surface area (Å²) in [5.74, 6) is 1.76. The second-order valence-corrected chi connectivity index (χ2v) is 4.24. The van der Waals surface area contributed by atoms with Gasteiger partial charge in [0, 0.05) is 20.1 Å². The number of hydrogen-bond acceptors (Lipinski definition) is 3. The van der Waals surface area contributed by atoms with E-state index in [0.717, 1.165) is 19.6 Å². The molecule has 1 aliphatic heterocycles. The largest absolute Gasteiger partial charge is 0.383 e.